The third-order valence-corrected chi connectivity index (χ3v) is 6.25. The minimum absolute atomic E-state index is 0.0837. The van der Waals surface area contributed by atoms with Crippen LogP contribution < -0.4 is 17.1 Å². The molecule has 0 amide bonds. The van der Waals surface area contributed by atoms with E-state index < -0.39 is 11.5 Å². The first-order valence-corrected chi connectivity index (χ1v) is 12.7. The quantitative estimate of drug-likeness (QED) is 0.152. The zero-order valence-corrected chi connectivity index (χ0v) is 22.4. The average Bonchev–Trinajstić information content (AvgIpc) is 2.83. The number of hydrogen-bond donors (Lipinski definition) is 3. The Bertz CT molecular complexity index is 1280. The number of hydrogen-bond acceptors (Lipinski definition) is 6. The summed E-state index contributed by atoms with van der Waals surface area (Å²) in [6.45, 7) is 12.9. The smallest absolute Gasteiger partial charge is 0.343 e. The van der Waals surface area contributed by atoms with Crippen molar-refractivity contribution < 1.29 is 9.52 Å². The number of guanidine groups is 1. The summed E-state index contributed by atoms with van der Waals surface area (Å²) < 4.78 is 5.70. The van der Waals surface area contributed by atoms with Crippen LogP contribution in [0.3, 0.4) is 0 Å². The van der Waals surface area contributed by atoms with E-state index in [2.05, 4.69) is 42.8 Å². The Morgan fingerprint density at radius 2 is 1.51 bits per heavy atom. The maximum Gasteiger partial charge on any atom is 0.343 e. The van der Waals surface area contributed by atoms with Crippen LogP contribution in [0.4, 0.5) is 0 Å². The fraction of sp³-hybridized carbons (Fsp3) is 0.414. The molecule has 3 rings (SSSR count). The van der Waals surface area contributed by atoms with Gasteiger partial charge in [0, 0.05) is 37.2 Å². The molecule has 0 saturated heterocycles. The summed E-state index contributed by atoms with van der Waals surface area (Å²) >= 11 is 0. The highest BCUT2D eigenvalue weighted by molar-refractivity contribution is 5.89. The van der Waals surface area contributed by atoms with Crippen molar-refractivity contribution in [2.45, 2.75) is 40.5 Å². The van der Waals surface area contributed by atoms with Gasteiger partial charge < -0.3 is 25.9 Å². The lowest BCUT2D eigenvalue weighted by Crippen LogP contribution is -2.40. The molecular formula is C29H39N5O3. The highest BCUT2D eigenvalue weighted by Crippen LogP contribution is 2.39. The fourth-order valence-electron chi connectivity index (χ4n) is 4.91. The van der Waals surface area contributed by atoms with Gasteiger partial charge >= 0.3 is 5.63 Å². The molecule has 0 spiro atoms. The van der Waals surface area contributed by atoms with Crippen molar-refractivity contribution in [3.05, 3.63) is 76.1 Å². The second-order valence-corrected chi connectivity index (χ2v) is 10.4. The molecule has 5 N–H and O–H groups in total. The Morgan fingerprint density at radius 1 is 0.919 bits per heavy atom. The van der Waals surface area contributed by atoms with Crippen LogP contribution in [0.15, 0.2) is 74.0 Å². The summed E-state index contributed by atoms with van der Waals surface area (Å²) in [5.41, 5.74) is 12.6. The number of fused-ring (bicyclic) bond motifs is 1. The van der Waals surface area contributed by atoms with Gasteiger partial charge in [-0.15, -0.1) is 5.10 Å². The molecular weight excluding hydrogens is 466 g/mol. The van der Waals surface area contributed by atoms with Crippen LogP contribution >= 0.6 is 0 Å². The van der Waals surface area contributed by atoms with E-state index in [-0.39, 0.29) is 23.2 Å². The average molecular weight is 506 g/mol. The first kappa shape index (κ1) is 27.9. The fourth-order valence-corrected chi connectivity index (χ4v) is 4.91. The van der Waals surface area contributed by atoms with Gasteiger partial charge in [0.15, 0.2) is 0 Å². The van der Waals surface area contributed by atoms with Crippen molar-refractivity contribution in [1.29, 1.82) is 0 Å². The third kappa shape index (κ3) is 7.20. The van der Waals surface area contributed by atoms with Crippen LogP contribution in [-0.4, -0.2) is 41.3 Å². The molecule has 0 bridgehead atoms. The highest BCUT2D eigenvalue weighted by Gasteiger charge is 2.35. The highest BCUT2D eigenvalue weighted by atomic mass is 16.4. The number of para-hydroxylation sites is 1. The molecule has 37 heavy (non-hydrogen) atoms. The van der Waals surface area contributed by atoms with Crippen LogP contribution in [0, 0.1) is 17.8 Å². The molecule has 198 valence electrons. The second-order valence-electron chi connectivity index (χ2n) is 10.4. The lowest BCUT2D eigenvalue weighted by molar-refractivity contribution is 0.199. The molecule has 3 aromatic rings. The Morgan fingerprint density at radius 3 is 2.11 bits per heavy atom. The van der Waals surface area contributed by atoms with Crippen LogP contribution in [-0.2, 0) is 0 Å². The van der Waals surface area contributed by atoms with Gasteiger partial charge in [0.05, 0.1) is 10.9 Å². The molecule has 8 heteroatoms. The van der Waals surface area contributed by atoms with Gasteiger partial charge in [-0.25, -0.2) is 4.79 Å². The molecule has 1 aromatic heterocycles. The van der Waals surface area contributed by atoms with Crippen LogP contribution in [0.2, 0.25) is 0 Å². The normalized spacial score (nSPS) is 13.9. The Hall–Kier alpha value is -3.65. The number of nitrogens with zero attached hydrogens (tertiary/aromatic N) is 3. The predicted octanol–water partition coefficient (Wildman–Crippen LogP) is 4.51. The Labute approximate surface area is 218 Å². The van der Waals surface area contributed by atoms with Crippen molar-refractivity contribution in [3.63, 3.8) is 0 Å². The Balaban J connectivity index is 2.28. The summed E-state index contributed by atoms with van der Waals surface area (Å²) in [5, 5.41) is 20.2. The maximum absolute atomic E-state index is 13.5. The minimum atomic E-state index is -0.580. The molecule has 0 saturated carbocycles. The minimum Gasteiger partial charge on any atom is -0.507 e. The summed E-state index contributed by atoms with van der Waals surface area (Å²) in [5.74, 6) is -0.254. The summed E-state index contributed by atoms with van der Waals surface area (Å²) in [4.78, 5) is 15.8. The van der Waals surface area contributed by atoms with E-state index in [0.29, 0.717) is 35.1 Å². The number of nitrogens with two attached hydrogens (primary N) is 2. The number of benzene rings is 2. The molecule has 2 atom stereocenters. The number of aromatic hydroxyl groups is 1. The van der Waals surface area contributed by atoms with E-state index in [0.717, 1.165) is 18.7 Å². The van der Waals surface area contributed by atoms with E-state index in [1.807, 2.05) is 37.3 Å². The van der Waals surface area contributed by atoms with Gasteiger partial charge in [-0.05, 0) is 36.5 Å². The lowest BCUT2D eigenvalue weighted by atomic mass is 9.78. The van der Waals surface area contributed by atoms with E-state index in [1.165, 1.54) is 0 Å². The van der Waals surface area contributed by atoms with Crippen molar-refractivity contribution in [1.82, 2.24) is 4.90 Å². The Kier molecular flexibility index (Phi) is 9.47. The zero-order chi connectivity index (χ0) is 27.1. The molecule has 0 aliphatic carbocycles. The van der Waals surface area contributed by atoms with Gasteiger partial charge in [-0.3, -0.25) is 0 Å². The molecule has 0 radical (unpaired) electrons. The second kappa shape index (κ2) is 12.5. The molecule has 8 nitrogen and oxygen atoms in total. The van der Waals surface area contributed by atoms with Gasteiger partial charge in [0.1, 0.15) is 11.3 Å². The third-order valence-electron chi connectivity index (χ3n) is 6.25. The summed E-state index contributed by atoms with van der Waals surface area (Å²) in [7, 11) is 0. The van der Waals surface area contributed by atoms with Gasteiger partial charge in [-0.2, -0.15) is 5.10 Å². The van der Waals surface area contributed by atoms with Crippen molar-refractivity contribution >= 4 is 22.6 Å². The largest absolute Gasteiger partial charge is 0.507 e. The molecule has 0 aliphatic rings. The van der Waals surface area contributed by atoms with Crippen LogP contribution in [0.5, 0.6) is 5.75 Å². The zero-order valence-electron chi connectivity index (χ0n) is 22.4. The van der Waals surface area contributed by atoms with Gasteiger partial charge in [0.2, 0.25) is 5.96 Å². The van der Waals surface area contributed by atoms with Gasteiger partial charge in [-0.1, -0.05) is 70.2 Å². The van der Waals surface area contributed by atoms with Crippen LogP contribution in [0.25, 0.3) is 11.0 Å². The standard InChI is InChI=1S/C29H39N5O3/c1-18(2)15-34(16-19(3)4)17-23(20(5)32-33-29(30)31)25(21-11-7-6-8-12-21)26-27(35)22-13-9-10-14-24(22)37-28(26)36/h6-14,18-19,23,25,35H,15-17H2,1-5H3,(H4,30,31,33)/b32-20-/t23-,25+/m1/s1. The molecule has 1 heterocycles. The summed E-state index contributed by atoms with van der Waals surface area (Å²) in [6, 6.07) is 16.7. The topological polar surface area (TPSA) is 130 Å². The first-order valence-electron chi connectivity index (χ1n) is 12.7. The van der Waals surface area contributed by atoms with Crippen LogP contribution in [0.1, 0.15) is 51.7 Å². The van der Waals surface area contributed by atoms with Crippen molar-refractivity contribution in [2.75, 3.05) is 19.6 Å². The monoisotopic (exact) mass is 505 g/mol. The van der Waals surface area contributed by atoms with Gasteiger partial charge in [0.25, 0.3) is 0 Å². The molecule has 0 fully saturated rings. The van der Waals surface area contributed by atoms with E-state index in [4.69, 9.17) is 15.9 Å². The lowest BCUT2D eigenvalue weighted by Gasteiger charge is -2.34. The molecule has 0 aliphatic heterocycles. The first-order chi connectivity index (χ1) is 17.6. The molecule has 0 unspecified atom stereocenters. The van der Waals surface area contributed by atoms with E-state index >= 15 is 0 Å². The molecule has 2 aromatic carbocycles. The predicted molar refractivity (Wildman–Crippen MR) is 151 cm³/mol. The maximum atomic E-state index is 13.5. The summed E-state index contributed by atoms with van der Waals surface area (Å²) in [6.07, 6.45) is 0. The van der Waals surface area contributed by atoms with E-state index in [1.54, 1.807) is 24.3 Å². The SMILES string of the molecule is C/C(=N/N=C(N)N)[C@@H](CN(CC(C)C)CC(C)C)[C@H](c1ccccc1)c1c(O)c2ccccc2oc1=O. The van der Waals surface area contributed by atoms with E-state index in [9.17, 15) is 9.90 Å². The van der Waals surface area contributed by atoms with Crippen molar-refractivity contribution in [2.24, 2.45) is 39.4 Å². The van der Waals surface area contributed by atoms with Crippen molar-refractivity contribution in [3.8, 4) is 5.75 Å². The number of rotatable bonds is 11.